The van der Waals surface area contributed by atoms with Crippen molar-refractivity contribution in [1.82, 2.24) is 10.5 Å². The van der Waals surface area contributed by atoms with Gasteiger partial charge in [-0.25, -0.2) is 14.5 Å². The van der Waals surface area contributed by atoms with E-state index in [1.807, 2.05) is 58.0 Å². The van der Waals surface area contributed by atoms with Gasteiger partial charge in [-0.1, -0.05) is 35.6 Å². The number of benzene rings is 1. The summed E-state index contributed by atoms with van der Waals surface area (Å²) in [6, 6.07) is 9.25. The summed E-state index contributed by atoms with van der Waals surface area (Å²) < 4.78 is 0. The molecule has 1 rings (SSSR count). The van der Waals surface area contributed by atoms with Gasteiger partial charge in [-0.15, -0.1) is 0 Å². The highest BCUT2D eigenvalue weighted by Gasteiger charge is 2.18. The van der Waals surface area contributed by atoms with Gasteiger partial charge in [0, 0.05) is 6.54 Å². The molecule has 0 spiro atoms. The van der Waals surface area contributed by atoms with Crippen molar-refractivity contribution < 1.29 is 14.5 Å². The maximum atomic E-state index is 12.0. The third kappa shape index (κ3) is 6.22. The monoisotopic (exact) mass is 266 g/mol. The predicted molar refractivity (Wildman–Crippen MR) is 73.0 cm³/mol. The van der Waals surface area contributed by atoms with Crippen molar-refractivity contribution in [1.29, 1.82) is 0 Å². The highest BCUT2D eigenvalue weighted by molar-refractivity contribution is 5.71. The van der Waals surface area contributed by atoms with Gasteiger partial charge in [-0.05, 0) is 33.3 Å². The first-order valence-electron chi connectivity index (χ1n) is 6.44. The van der Waals surface area contributed by atoms with E-state index in [-0.39, 0.29) is 12.2 Å². The summed E-state index contributed by atoms with van der Waals surface area (Å²) in [6.45, 7) is 7.77. The summed E-state index contributed by atoms with van der Waals surface area (Å²) >= 11 is 0. The first kappa shape index (κ1) is 15.5. The summed E-state index contributed by atoms with van der Waals surface area (Å²) in [4.78, 5) is 22.6. The zero-order valence-corrected chi connectivity index (χ0v) is 11.9. The van der Waals surface area contributed by atoms with E-state index < -0.39 is 6.03 Å². The molecular weight excluding hydrogens is 244 g/mol. The van der Waals surface area contributed by atoms with E-state index in [0.717, 1.165) is 10.8 Å². The SMILES string of the molecule is CC(C)ON(OC(C)C)C(=O)NCc1ccccc1. The molecule has 1 aromatic rings. The first-order chi connectivity index (χ1) is 8.99. The van der Waals surface area contributed by atoms with Crippen molar-refractivity contribution in [3.63, 3.8) is 0 Å². The largest absolute Gasteiger partial charge is 0.367 e. The molecule has 2 amide bonds. The number of carbonyl (C=O) groups is 1. The second-order valence-corrected chi connectivity index (χ2v) is 4.71. The van der Waals surface area contributed by atoms with Crippen LogP contribution in [0.15, 0.2) is 30.3 Å². The minimum Gasteiger partial charge on any atom is -0.330 e. The van der Waals surface area contributed by atoms with Gasteiger partial charge >= 0.3 is 6.03 Å². The van der Waals surface area contributed by atoms with E-state index in [1.165, 1.54) is 0 Å². The zero-order valence-electron chi connectivity index (χ0n) is 11.9. The van der Waals surface area contributed by atoms with Crippen LogP contribution in [-0.2, 0) is 16.2 Å². The number of nitrogens with one attached hydrogen (secondary N) is 1. The molecule has 0 aliphatic rings. The zero-order chi connectivity index (χ0) is 14.3. The van der Waals surface area contributed by atoms with Crippen molar-refractivity contribution in [3.8, 4) is 0 Å². The fourth-order valence-electron chi connectivity index (χ4n) is 1.34. The molecule has 5 nitrogen and oxygen atoms in total. The molecule has 0 bridgehead atoms. The van der Waals surface area contributed by atoms with Gasteiger partial charge in [0.1, 0.15) is 0 Å². The summed E-state index contributed by atoms with van der Waals surface area (Å²) in [5, 5.41) is 3.66. The van der Waals surface area contributed by atoms with Gasteiger partial charge in [0.25, 0.3) is 0 Å². The average Bonchev–Trinajstić information content (AvgIpc) is 2.35. The topological polar surface area (TPSA) is 50.8 Å². The molecule has 0 unspecified atom stereocenters. The summed E-state index contributed by atoms with van der Waals surface area (Å²) in [5.41, 5.74) is 1.02. The average molecular weight is 266 g/mol. The molecule has 5 heteroatoms. The predicted octanol–water partition coefficient (Wildman–Crippen LogP) is 2.88. The molecule has 0 aliphatic heterocycles. The Bertz CT molecular complexity index is 370. The van der Waals surface area contributed by atoms with Gasteiger partial charge in [-0.3, -0.25) is 0 Å². The van der Waals surface area contributed by atoms with Crippen molar-refractivity contribution in [2.24, 2.45) is 0 Å². The lowest BCUT2D eigenvalue weighted by Gasteiger charge is -2.24. The fraction of sp³-hybridized carbons (Fsp3) is 0.500. The maximum absolute atomic E-state index is 12.0. The van der Waals surface area contributed by atoms with Crippen LogP contribution in [0.1, 0.15) is 33.3 Å². The van der Waals surface area contributed by atoms with E-state index >= 15 is 0 Å². The van der Waals surface area contributed by atoms with Crippen LogP contribution < -0.4 is 5.32 Å². The van der Waals surface area contributed by atoms with E-state index in [2.05, 4.69) is 5.32 Å². The van der Waals surface area contributed by atoms with Gasteiger partial charge in [0.15, 0.2) is 0 Å². The third-order valence-corrected chi connectivity index (χ3v) is 2.07. The molecule has 0 fully saturated rings. The quantitative estimate of drug-likeness (QED) is 0.805. The summed E-state index contributed by atoms with van der Waals surface area (Å²) in [6.07, 6.45) is -0.276. The lowest BCUT2D eigenvalue weighted by atomic mass is 10.2. The smallest absolute Gasteiger partial charge is 0.330 e. The van der Waals surface area contributed by atoms with Crippen LogP contribution >= 0.6 is 0 Å². The standard InChI is InChI=1S/C14H22N2O3/c1-11(2)18-16(19-12(3)4)14(17)15-10-13-8-6-5-7-9-13/h5-9,11-12H,10H2,1-4H3,(H,15,17). The van der Waals surface area contributed by atoms with Crippen LogP contribution in [-0.4, -0.2) is 23.5 Å². The minimum atomic E-state index is -0.411. The van der Waals surface area contributed by atoms with Crippen molar-refractivity contribution in [2.45, 2.75) is 46.4 Å². The van der Waals surface area contributed by atoms with Crippen molar-refractivity contribution >= 4 is 6.03 Å². The second-order valence-electron chi connectivity index (χ2n) is 4.71. The molecule has 0 saturated carbocycles. The van der Waals surface area contributed by atoms with Crippen LogP contribution in [0.5, 0.6) is 0 Å². The van der Waals surface area contributed by atoms with E-state index in [0.29, 0.717) is 6.54 Å². The van der Waals surface area contributed by atoms with Crippen molar-refractivity contribution in [3.05, 3.63) is 35.9 Å². The third-order valence-electron chi connectivity index (χ3n) is 2.07. The fourth-order valence-corrected chi connectivity index (χ4v) is 1.34. The molecule has 106 valence electrons. The molecule has 0 atom stereocenters. The Kier molecular flexibility index (Phi) is 6.32. The molecule has 0 radical (unpaired) electrons. The normalized spacial score (nSPS) is 10.8. The second kappa shape index (κ2) is 7.76. The number of carbonyl (C=O) groups excluding carboxylic acids is 1. The molecule has 0 heterocycles. The Morgan fingerprint density at radius 3 is 2.11 bits per heavy atom. The molecule has 1 N–H and O–H groups in total. The van der Waals surface area contributed by atoms with Crippen LogP contribution in [0.25, 0.3) is 0 Å². The highest BCUT2D eigenvalue weighted by atomic mass is 17.0. The molecule has 0 aromatic heterocycles. The minimum absolute atomic E-state index is 0.138. The number of hydrogen-bond acceptors (Lipinski definition) is 3. The lowest BCUT2D eigenvalue weighted by molar-refractivity contribution is -0.354. The number of nitrogens with zero attached hydrogens (tertiary/aromatic N) is 1. The van der Waals surface area contributed by atoms with Gasteiger partial charge in [-0.2, -0.15) is 0 Å². The molecule has 1 aromatic carbocycles. The molecule has 0 saturated heterocycles. The van der Waals surface area contributed by atoms with Crippen molar-refractivity contribution in [2.75, 3.05) is 0 Å². The summed E-state index contributed by atoms with van der Waals surface area (Å²) in [7, 11) is 0. The number of urea groups is 1. The Labute approximate surface area is 114 Å². The number of rotatable bonds is 6. The van der Waals surface area contributed by atoms with Crippen LogP contribution in [0, 0.1) is 0 Å². The van der Waals surface area contributed by atoms with Crippen LogP contribution in [0.2, 0.25) is 0 Å². The van der Waals surface area contributed by atoms with E-state index in [9.17, 15) is 4.79 Å². The number of hydroxylamine groups is 2. The molecular formula is C14H22N2O3. The molecule has 19 heavy (non-hydrogen) atoms. The lowest BCUT2D eigenvalue weighted by Crippen LogP contribution is -2.42. The Morgan fingerprint density at radius 2 is 1.63 bits per heavy atom. The number of hydrogen-bond donors (Lipinski definition) is 1. The van der Waals surface area contributed by atoms with Gasteiger partial charge in [0.05, 0.1) is 12.2 Å². The van der Waals surface area contributed by atoms with Gasteiger partial charge in [0.2, 0.25) is 0 Å². The Balaban J connectivity index is 2.51. The van der Waals surface area contributed by atoms with Crippen LogP contribution in [0.4, 0.5) is 4.79 Å². The molecule has 0 aliphatic carbocycles. The van der Waals surface area contributed by atoms with Gasteiger partial charge < -0.3 is 5.32 Å². The Hall–Kier alpha value is -1.59. The highest BCUT2D eigenvalue weighted by Crippen LogP contribution is 2.04. The Morgan fingerprint density at radius 1 is 1.11 bits per heavy atom. The maximum Gasteiger partial charge on any atom is 0.367 e. The van der Waals surface area contributed by atoms with E-state index in [4.69, 9.17) is 9.68 Å². The van der Waals surface area contributed by atoms with E-state index in [1.54, 1.807) is 0 Å². The number of amides is 2. The van der Waals surface area contributed by atoms with Crippen LogP contribution in [0.3, 0.4) is 0 Å². The summed E-state index contributed by atoms with van der Waals surface area (Å²) in [5.74, 6) is 0. The first-order valence-corrected chi connectivity index (χ1v) is 6.44.